The summed E-state index contributed by atoms with van der Waals surface area (Å²) in [6.45, 7) is 2.93. The van der Waals surface area contributed by atoms with E-state index in [1.165, 1.54) is 18.4 Å². The number of nitrogens with one attached hydrogen (secondary N) is 1. The fraction of sp³-hybridized carbons (Fsp3) is 0.261. The molecule has 0 aliphatic rings. The predicted octanol–water partition coefficient (Wildman–Crippen LogP) is 2.64. The first-order valence-electron chi connectivity index (χ1n) is 9.82. The van der Waals surface area contributed by atoms with Gasteiger partial charge in [-0.3, -0.25) is 23.7 Å². The molecular formula is C23H23N3O5. The molecule has 160 valence electrons. The fourth-order valence-corrected chi connectivity index (χ4v) is 3.04. The monoisotopic (exact) mass is 421 g/mol. The highest BCUT2D eigenvalue weighted by Gasteiger charge is 2.19. The lowest BCUT2D eigenvalue weighted by Gasteiger charge is -2.14. The van der Waals surface area contributed by atoms with Gasteiger partial charge in [0.1, 0.15) is 5.82 Å². The Hall–Kier alpha value is -3.81. The van der Waals surface area contributed by atoms with Crippen LogP contribution in [0.1, 0.15) is 36.5 Å². The molecule has 2 aromatic carbocycles. The van der Waals surface area contributed by atoms with Gasteiger partial charge in [0.05, 0.1) is 17.3 Å². The van der Waals surface area contributed by atoms with Gasteiger partial charge in [0, 0.05) is 24.7 Å². The summed E-state index contributed by atoms with van der Waals surface area (Å²) in [4.78, 5) is 52.7. The molecule has 8 heteroatoms. The highest BCUT2D eigenvalue weighted by molar-refractivity contribution is 5.97. The van der Waals surface area contributed by atoms with E-state index in [-0.39, 0.29) is 24.2 Å². The summed E-state index contributed by atoms with van der Waals surface area (Å²) in [7, 11) is 1.61. The smallest absolute Gasteiger partial charge is 0.307 e. The van der Waals surface area contributed by atoms with Crippen LogP contribution in [0.4, 0.5) is 5.69 Å². The first-order valence-corrected chi connectivity index (χ1v) is 9.82. The van der Waals surface area contributed by atoms with Gasteiger partial charge in [0.15, 0.2) is 11.9 Å². The van der Waals surface area contributed by atoms with E-state index in [0.717, 1.165) is 0 Å². The molecule has 0 saturated heterocycles. The zero-order valence-electron chi connectivity index (χ0n) is 17.5. The molecule has 0 unspecified atom stereocenters. The third kappa shape index (κ3) is 5.22. The van der Waals surface area contributed by atoms with Crippen LogP contribution in [0.2, 0.25) is 0 Å². The van der Waals surface area contributed by atoms with E-state index in [2.05, 4.69) is 10.3 Å². The summed E-state index contributed by atoms with van der Waals surface area (Å²) in [6.07, 6.45) is -0.826. The minimum absolute atomic E-state index is 0.0243. The number of para-hydroxylation sites is 1. The van der Waals surface area contributed by atoms with E-state index in [9.17, 15) is 19.2 Å². The van der Waals surface area contributed by atoms with Gasteiger partial charge >= 0.3 is 5.97 Å². The quantitative estimate of drug-likeness (QED) is 0.464. The zero-order valence-corrected chi connectivity index (χ0v) is 17.5. The van der Waals surface area contributed by atoms with Crippen molar-refractivity contribution in [1.29, 1.82) is 0 Å². The Morgan fingerprint density at radius 1 is 1.10 bits per heavy atom. The van der Waals surface area contributed by atoms with E-state index in [4.69, 9.17) is 4.74 Å². The van der Waals surface area contributed by atoms with Gasteiger partial charge in [0.2, 0.25) is 0 Å². The normalized spacial score (nSPS) is 11.7. The number of aromatic nitrogens is 2. The van der Waals surface area contributed by atoms with Gasteiger partial charge in [-0.2, -0.15) is 0 Å². The van der Waals surface area contributed by atoms with Crippen LogP contribution in [0.3, 0.4) is 0 Å². The van der Waals surface area contributed by atoms with E-state index >= 15 is 0 Å². The van der Waals surface area contributed by atoms with E-state index < -0.39 is 18.0 Å². The number of amides is 1. The van der Waals surface area contributed by atoms with E-state index in [1.54, 1.807) is 55.6 Å². The second-order valence-electron chi connectivity index (χ2n) is 7.16. The largest absolute Gasteiger partial charge is 0.453 e. The van der Waals surface area contributed by atoms with Crippen molar-refractivity contribution in [3.05, 3.63) is 70.3 Å². The summed E-state index contributed by atoms with van der Waals surface area (Å²) < 4.78 is 6.62. The lowest BCUT2D eigenvalue weighted by atomic mass is 10.1. The number of esters is 1. The lowest BCUT2D eigenvalue weighted by molar-refractivity contribution is -0.153. The number of rotatable bonds is 7. The van der Waals surface area contributed by atoms with Crippen molar-refractivity contribution in [2.75, 3.05) is 5.32 Å². The molecule has 0 spiro atoms. The molecule has 3 rings (SSSR count). The third-order valence-corrected chi connectivity index (χ3v) is 4.86. The van der Waals surface area contributed by atoms with Gasteiger partial charge in [-0.1, -0.05) is 12.1 Å². The molecule has 1 atom stereocenters. The van der Waals surface area contributed by atoms with Crippen molar-refractivity contribution in [2.24, 2.45) is 7.05 Å². The lowest BCUT2D eigenvalue weighted by Crippen LogP contribution is -2.30. The fourth-order valence-electron chi connectivity index (χ4n) is 3.04. The second kappa shape index (κ2) is 9.34. The number of hydrogen-bond acceptors (Lipinski definition) is 6. The zero-order chi connectivity index (χ0) is 22.5. The maximum absolute atomic E-state index is 12.4. The Labute approximate surface area is 178 Å². The van der Waals surface area contributed by atoms with Crippen molar-refractivity contribution < 1.29 is 19.1 Å². The first-order chi connectivity index (χ1) is 14.8. The maximum atomic E-state index is 12.4. The van der Waals surface area contributed by atoms with Crippen LogP contribution in [0.5, 0.6) is 0 Å². The van der Waals surface area contributed by atoms with Crippen LogP contribution in [0.25, 0.3) is 10.9 Å². The van der Waals surface area contributed by atoms with Gasteiger partial charge in [-0.15, -0.1) is 0 Å². The van der Waals surface area contributed by atoms with Crippen LogP contribution in [0, 0.1) is 0 Å². The average Bonchev–Trinajstić information content (AvgIpc) is 2.75. The number of nitrogens with zero attached hydrogens (tertiary/aromatic N) is 2. The molecule has 8 nitrogen and oxygen atoms in total. The SMILES string of the molecule is CC(=O)c1ccc(NC(=O)[C@H](C)OC(=O)CCc2nc3ccccc3c(=O)n2C)cc1. The third-order valence-electron chi connectivity index (χ3n) is 4.86. The molecule has 0 fully saturated rings. The highest BCUT2D eigenvalue weighted by atomic mass is 16.5. The Morgan fingerprint density at radius 3 is 2.45 bits per heavy atom. The van der Waals surface area contributed by atoms with Gasteiger partial charge < -0.3 is 10.1 Å². The minimum Gasteiger partial charge on any atom is -0.453 e. The molecule has 1 heterocycles. The highest BCUT2D eigenvalue weighted by Crippen LogP contribution is 2.12. The van der Waals surface area contributed by atoms with Crippen LogP contribution >= 0.6 is 0 Å². The number of Topliss-reactive ketones (excluding diaryl/α,β-unsaturated/α-hetero) is 1. The van der Waals surface area contributed by atoms with E-state index in [0.29, 0.717) is 28.0 Å². The summed E-state index contributed by atoms with van der Waals surface area (Å²) in [5.74, 6) is -0.668. The van der Waals surface area contributed by atoms with Crippen molar-refractivity contribution in [1.82, 2.24) is 9.55 Å². The number of ether oxygens (including phenoxy) is 1. The number of benzene rings is 2. The molecule has 0 aliphatic heterocycles. The van der Waals surface area contributed by atoms with Crippen LogP contribution in [-0.4, -0.2) is 33.3 Å². The van der Waals surface area contributed by atoms with Gasteiger partial charge in [-0.25, -0.2) is 4.98 Å². The Kier molecular flexibility index (Phi) is 6.59. The molecular weight excluding hydrogens is 398 g/mol. The van der Waals surface area contributed by atoms with Crippen LogP contribution < -0.4 is 10.9 Å². The molecule has 31 heavy (non-hydrogen) atoms. The summed E-state index contributed by atoms with van der Waals surface area (Å²) in [5, 5.41) is 3.15. The molecule has 0 saturated carbocycles. The van der Waals surface area contributed by atoms with Crippen molar-refractivity contribution >= 4 is 34.3 Å². The Balaban J connectivity index is 1.57. The number of carbonyl (C=O) groups is 3. The number of aryl methyl sites for hydroxylation is 1. The number of fused-ring (bicyclic) bond motifs is 1. The average molecular weight is 421 g/mol. The molecule has 0 bridgehead atoms. The molecule has 0 aliphatic carbocycles. The van der Waals surface area contributed by atoms with Crippen LogP contribution in [-0.2, 0) is 27.8 Å². The maximum Gasteiger partial charge on any atom is 0.307 e. The molecule has 0 radical (unpaired) electrons. The topological polar surface area (TPSA) is 107 Å². The van der Waals surface area contributed by atoms with Crippen molar-refractivity contribution in [3.63, 3.8) is 0 Å². The number of anilines is 1. The Bertz CT molecular complexity index is 1200. The molecule has 1 amide bonds. The number of ketones is 1. The Morgan fingerprint density at radius 2 is 1.77 bits per heavy atom. The summed E-state index contributed by atoms with van der Waals surface area (Å²) >= 11 is 0. The van der Waals surface area contributed by atoms with Crippen molar-refractivity contribution in [2.45, 2.75) is 32.8 Å². The van der Waals surface area contributed by atoms with E-state index in [1.807, 2.05) is 0 Å². The molecule has 1 N–H and O–H groups in total. The summed E-state index contributed by atoms with van der Waals surface area (Å²) in [6, 6.07) is 13.4. The van der Waals surface area contributed by atoms with Gasteiger partial charge in [-0.05, 0) is 50.2 Å². The van der Waals surface area contributed by atoms with Crippen LogP contribution in [0.15, 0.2) is 53.3 Å². The summed E-state index contributed by atoms with van der Waals surface area (Å²) in [5.41, 5.74) is 1.41. The van der Waals surface area contributed by atoms with Crippen molar-refractivity contribution in [3.8, 4) is 0 Å². The minimum atomic E-state index is -1.01. The standard InChI is InChI=1S/C23H23N3O5/c1-14(27)16-8-10-17(11-9-16)24-22(29)15(2)31-21(28)13-12-20-25-19-7-5-4-6-18(19)23(30)26(20)3/h4-11,15H,12-13H2,1-3H3,(H,24,29)/t15-/m0/s1. The molecule has 1 aromatic heterocycles. The van der Waals surface area contributed by atoms with Gasteiger partial charge in [0.25, 0.3) is 11.5 Å². The predicted molar refractivity (Wildman–Crippen MR) is 116 cm³/mol. The first kappa shape index (κ1) is 21.9. The number of hydrogen-bond donors (Lipinski definition) is 1. The second-order valence-corrected chi connectivity index (χ2v) is 7.16. The molecule has 3 aromatic rings. The number of carbonyl (C=O) groups excluding carboxylic acids is 3.